The van der Waals surface area contributed by atoms with Crippen LogP contribution in [0.4, 0.5) is 0 Å². The van der Waals surface area contributed by atoms with E-state index in [4.69, 9.17) is 0 Å². The number of phenolic OH excluding ortho intramolecular Hbond substituents is 1. The zero-order valence-electron chi connectivity index (χ0n) is 9.69. The molecule has 0 fully saturated rings. The van der Waals surface area contributed by atoms with Crippen molar-refractivity contribution in [1.29, 1.82) is 0 Å². The zero-order valence-corrected chi connectivity index (χ0v) is 9.69. The van der Waals surface area contributed by atoms with Crippen molar-refractivity contribution >= 4 is 0 Å². The van der Waals surface area contributed by atoms with Crippen molar-refractivity contribution in [1.82, 2.24) is 9.97 Å². The van der Waals surface area contributed by atoms with Crippen molar-refractivity contribution in [2.24, 2.45) is 0 Å². The summed E-state index contributed by atoms with van der Waals surface area (Å²) in [5.41, 5.74) is 3.89. The first kappa shape index (κ1) is 10.4. The topological polar surface area (TPSA) is 48.9 Å². The van der Waals surface area contributed by atoms with Gasteiger partial charge in [0.05, 0.1) is 6.33 Å². The van der Waals surface area contributed by atoms with Crippen molar-refractivity contribution in [3.63, 3.8) is 0 Å². The summed E-state index contributed by atoms with van der Waals surface area (Å²) in [7, 11) is 0. The highest BCUT2D eigenvalue weighted by molar-refractivity contribution is 5.39. The fourth-order valence-corrected chi connectivity index (χ4v) is 2.78. The van der Waals surface area contributed by atoms with Crippen LogP contribution in [0.1, 0.15) is 35.6 Å². The van der Waals surface area contributed by atoms with Crippen LogP contribution in [0.3, 0.4) is 0 Å². The van der Waals surface area contributed by atoms with Crippen LogP contribution in [-0.4, -0.2) is 15.1 Å². The summed E-state index contributed by atoms with van der Waals surface area (Å²) in [4.78, 5) is 7.23. The Hall–Kier alpha value is -1.77. The third-order valence-electron chi connectivity index (χ3n) is 3.59. The van der Waals surface area contributed by atoms with Gasteiger partial charge in [0.25, 0.3) is 0 Å². The van der Waals surface area contributed by atoms with Gasteiger partial charge in [-0.25, -0.2) is 4.98 Å². The third kappa shape index (κ3) is 2.05. The molecule has 3 rings (SSSR count). The molecule has 1 atom stereocenters. The highest BCUT2D eigenvalue weighted by Gasteiger charge is 2.21. The lowest BCUT2D eigenvalue weighted by atomic mass is 9.80. The monoisotopic (exact) mass is 228 g/mol. The number of fused-ring (bicyclic) bond motifs is 1. The van der Waals surface area contributed by atoms with Crippen LogP contribution in [0.15, 0.2) is 30.7 Å². The molecule has 1 aliphatic rings. The number of hydrogen-bond acceptors (Lipinski definition) is 2. The molecule has 0 saturated carbocycles. The number of H-pyrrole nitrogens is 1. The largest absolute Gasteiger partial charge is 0.508 e. The minimum absolute atomic E-state index is 0.381. The van der Waals surface area contributed by atoms with Gasteiger partial charge in [-0.15, -0.1) is 0 Å². The van der Waals surface area contributed by atoms with E-state index in [-0.39, 0.29) is 0 Å². The van der Waals surface area contributed by atoms with Crippen LogP contribution >= 0.6 is 0 Å². The first-order valence-corrected chi connectivity index (χ1v) is 6.12. The van der Waals surface area contributed by atoms with E-state index in [1.54, 1.807) is 12.4 Å². The standard InChI is InChI=1S/C14H16N2O/c17-13-4-5-14-10(2-1-3-11(14)7-13)6-12-8-15-9-16-12/h4-5,7-10,17H,1-3,6H2,(H,15,16). The Morgan fingerprint density at radius 2 is 2.35 bits per heavy atom. The van der Waals surface area contributed by atoms with Gasteiger partial charge in [0.15, 0.2) is 0 Å². The number of nitrogens with zero attached hydrogens (tertiary/aromatic N) is 1. The molecule has 88 valence electrons. The molecule has 1 heterocycles. The minimum Gasteiger partial charge on any atom is -0.508 e. The Morgan fingerprint density at radius 3 is 3.18 bits per heavy atom. The van der Waals surface area contributed by atoms with E-state index in [0.29, 0.717) is 11.7 Å². The number of phenols is 1. The Morgan fingerprint density at radius 1 is 1.41 bits per heavy atom. The molecular weight excluding hydrogens is 212 g/mol. The van der Waals surface area contributed by atoms with Crippen LogP contribution in [0.5, 0.6) is 5.75 Å². The molecule has 0 amide bonds. The number of aromatic nitrogens is 2. The van der Waals surface area contributed by atoms with Crippen LogP contribution in [0.25, 0.3) is 0 Å². The average Bonchev–Trinajstić information content (AvgIpc) is 2.82. The number of imidazole rings is 1. The van der Waals surface area contributed by atoms with Gasteiger partial charge >= 0.3 is 0 Å². The second-order valence-electron chi connectivity index (χ2n) is 4.75. The van der Waals surface area contributed by atoms with Crippen LogP contribution < -0.4 is 0 Å². The highest BCUT2D eigenvalue weighted by Crippen LogP contribution is 2.35. The van der Waals surface area contributed by atoms with E-state index in [1.165, 1.54) is 29.7 Å². The molecule has 0 aliphatic heterocycles. The molecule has 0 saturated heterocycles. The summed E-state index contributed by atoms with van der Waals surface area (Å²) in [5.74, 6) is 0.936. The molecule has 3 nitrogen and oxygen atoms in total. The maximum absolute atomic E-state index is 9.51. The summed E-state index contributed by atoms with van der Waals surface area (Å²) < 4.78 is 0. The van der Waals surface area contributed by atoms with Crippen LogP contribution in [0, 0.1) is 0 Å². The first-order chi connectivity index (χ1) is 8.33. The Kier molecular flexibility index (Phi) is 2.59. The van der Waals surface area contributed by atoms with Crippen molar-refractivity contribution in [2.75, 3.05) is 0 Å². The normalized spacial score (nSPS) is 18.9. The number of rotatable bonds is 2. The van der Waals surface area contributed by atoms with E-state index in [0.717, 1.165) is 12.8 Å². The summed E-state index contributed by atoms with van der Waals surface area (Å²) in [5, 5.41) is 9.51. The Labute approximate surface area is 101 Å². The Bertz CT molecular complexity index is 505. The lowest BCUT2D eigenvalue weighted by Crippen LogP contribution is -2.12. The van der Waals surface area contributed by atoms with Gasteiger partial charge < -0.3 is 10.1 Å². The smallest absolute Gasteiger partial charge is 0.115 e. The predicted octanol–water partition coefficient (Wildman–Crippen LogP) is 2.78. The molecule has 17 heavy (non-hydrogen) atoms. The fraction of sp³-hybridized carbons (Fsp3) is 0.357. The molecule has 1 aromatic carbocycles. The number of aromatic hydroxyl groups is 1. The molecule has 3 heteroatoms. The van der Waals surface area contributed by atoms with Gasteiger partial charge in [0, 0.05) is 11.9 Å². The number of nitrogens with one attached hydrogen (secondary N) is 1. The van der Waals surface area contributed by atoms with E-state index in [2.05, 4.69) is 16.0 Å². The summed E-state index contributed by atoms with van der Waals surface area (Å²) in [6.45, 7) is 0. The van der Waals surface area contributed by atoms with Gasteiger partial charge in [-0.3, -0.25) is 0 Å². The molecular formula is C14H16N2O. The van der Waals surface area contributed by atoms with Gasteiger partial charge in [-0.2, -0.15) is 0 Å². The lowest BCUT2D eigenvalue weighted by molar-refractivity contribution is 0.470. The highest BCUT2D eigenvalue weighted by atomic mass is 16.3. The van der Waals surface area contributed by atoms with E-state index < -0.39 is 0 Å². The molecule has 1 unspecified atom stereocenters. The van der Waals surface area contributed by atoms with Crippen molar-refractivity contribution in [3.05, 3.63) is 47.5 Å². The van der Waals surface area contributed by atoms with Gasteiger partial charge in [0.2, 0.25) is 0 Å². The maximum atomic E-state index is 9.51. The lowest BCUT2D eigenvalue weighted by Gasteiger charge is -2.25. The van der Waals surface area contributed by atoms with E-state index in [1.807, 2.05) is 12.3 Å². The molecule has 1 aliphatic carbocycles. The zero-order chi connectivity index (χ0) is 11.7. The Balaban J connectivity index is 1.89. The number of aromatic amines is 1. The van der Waals surface area contributed by atoms with Gasteiger partial charge in [-0.05, 0) is 54.9 Å². The van der Waals surface area contributed by atoms with Crippen molar-refractivity contribution in [2.45, 2.75) is 31.6 Å². The van der Waals surface area contributed by atoms with Gasteiger partial charge in [0.1, 0.15) is 5.75 Å². The predicted molar refractivity (Wildman–Crippen MR) is 66.1 cm³/mol. The molecule has 2 aromatic rings. The van der Waals surface area contributed by atoms with E-state index >= 15 is 0 Å². The summed E-state index contributed by atoms with van der Waals surface area (Å²) in [6.07, 6.45) is 8.15. The number of benzene rings is 1. The van der Waals surface area contributed by atoms with Crippen molar-refractivity contribution in [3.8, 4) is 5.75 Å². The fourth-order valence-electron chi connectivity index (χ4n) is 2.78. The second kappa shape index (κ2) is 4.24. The first-order valence-electron chi connectivity index (χ1n) is 6.12. The molecule has 2 N–H and O–H groups in total. The number of hydrogen-bond donors (Lipinski definition) is 2. The second-order valence-corrected chi connectivity index (χ2v) is 4.75. The van der Waals surface area contributed by atoms with Crippen LogP contribution in [0.2, 0.25) is 0 Å². The molecule has 0 bridgehead atoms. The van der Waals surface area contributed by atoms with Gasteiger partial charge in [-0.1, -0.05) is 6.07 Å². The third-order valence-corrected chi connectivity index (χ3v) is 3.59. The van der Waals surface area contributed by atoms with Crippen molar-refractivity contribution < 1.29 is 5.11 Å². The maximum Gasteiger partial charge on any atom is 0.115 e. The quantitative estimate of drug-likeness (QED) is 0.830. The summed E-state index contributed by atoms with van der Waals surface area (Å²) >= 11 is 0. The minimum atomic E-state index is 0.381. The van der Waals surface area contributed by atoms with Crippen LogP contribution in [-0.2, 0) is 12.8 Å². The molecule has 0 radical (unpaired) electrons. The number of aryl methyl sites for hydroxylation is 1. The molecule has 1 aromatic heterocycles. The SMILES string of the molecule is Oc1ccc2c(c1)CCCC2Cc1cnc[nH]1. The average molecular weight is 228 g/mol. The molecule has 0 spiro atoms. The van der Waals surface area contributed by atoms with E-state index in [9.17, 15) is 5.11 Å². The summed E-state index contributed by atoms with van der Waals surface area (Å²) in [6, 6.07) is 5.78.